The number of anilines is 1. The molecule has 0 spiro atoms. The number of carbonyl (C=O) groups excluding carboxylic acids is 2. The zero-order valence-corrected chi connectivity index (χ0v) is 17.9. The fourth-order valence-corrected chi connectivity index (χ4v) is 4.33. The van der Waals surface area contributed by atoms with Gasteiger partial charge in [0.1, 0.15) is 11.9 Å². The molecule has 33 heavy (non-hydrogen) atoms. The number of likely N-dealkylation sites (tertiary alicyclic amines) is 1. The van der Waals surface area contributed by atoms with Gasteiger partial charge in [-0.2, -0.15) is 0 Å². The molecule has 1 aliphatic heterocycles. The minimum atomic E-state index is -0.634. The summed E-state index contributed by atoms with van der Waals surface area (Å²) in [6.07, 6.45) is 0.701. The van der Waals surface area contributed by atoms with Crippen molar-refractivity contribution in [3.8, 4) is 0 Å². The third kappa shape index (κ3) is 4.35. The van der Waals surface area contributed by atoms with Gasteiger partial charge in [0.05, 0.1) is 17.6 Å². The molecule has 2 amide bonds. The van der Waals surface area contributed by atoms with Crippen molar-refractivity contribution in [3.63, 3.8) is 0 Å². The maximum Gasteiger partial charge on any atom is 0.249 e. The van der Waals surface area contributed by atoms with Crippen molar-refractivity contribution in [1.82, 2.24) is 14.5 Å². The van der Waals surface area contributed by atoms with Crippen LogP contribution in [-0.4, -0.2) is 32.3 Å². The van der Waals surface area contributed by atoms with Crippen LogP contribution in [0.1, 0.15) is 24.0 Å². The summed E-state index contributed by atoms with van der Waals surface area (Å²) in [6, 6.07) is 23.1. The van der Waals surface area contributed by atoms with Crippen LogP contribution in [0.15, 0.2) is 78.9 Å². The van der Waals surface area contributed by atoms with Crippen molar-refractivity contribution in [1.29, 1.82) is 0 Å². The summed E-state index contributed by atoms with van der Waals surface area (Å²) in [5, 5.41) is 2.95. The Balaban J connectivity index is 1.41. The molecule has 6 nitrogen and oxygen atoms in total. The molecule has 2 heterocycles. The fourth-order valence-electron chi connectivity index (χ4n) is 4.33. The summed E-state index contributed by atoms with van der Waals surface area (Å²) in [5.41, 5.74) is 3.43. The minimum Gasteiger partial charge on any atom is -0.326 e. The number of fused-ring (bicyclic) bond motifs is 1. The van der Waals surface area contributed by atoms with Gasteiger partial charge >= 0.3 is 0 Å². The Kier molecular flexibility index (Phi) is 5.60. The van der Waals surface area contributed by atoms with Gasteiger partial charge in [-0.15, -0.1) is 0 Å². The molecule has 1 atom stereocenters. The van der Waals surface area contributed by atoms with Crippen LogP contribution >= 0.6 is 0 Å². The van der Waals surface area contributed by atoms with Gasteiger partial charge in [-0.05, 0) is 41.8 Å². The second-order valence-electron chi connectivity index (χ2n) is 8.19. The summed E-state index contributed by atoms with van der Waals surface area (Å²) in [5.74, 6) is -0.330. The number of hydrogen-bond donors (Lipinski definition) is 1. The van der Waals surface area contributed by atoms with E-state index in [1.165, 1.54) is 17.0 Å². The monoisotopic (exact) mass is 442 g/mol. The maximum atomic E-state index is 13.6. The van der Waals surface area contributed by atoms with E-state index in [1.54, 1.807) is 12.1 Å². The lowest BCUT2D eigenvalue weighted by atomic mass is 10.1. The highest BCUT2D eigenvalue weighted by molar-refractivity contribution is 5.99. The van der Waals surface area contributed by atoms with Gasteiger partial charge < -0.3 is 9.47 Å². The Hall–Kier alpha value is -4.00. The molecule has 0 aliphatic carbocycles. The number of para-hydroxylation sites is 2. The molecule has 3 aromatic carbocycles. The molecular formula is C26H23FN4O2. The number of nitrogens with one attached hydrogen (secondary N) is 1. The lowest BCUT2D eigenvalue weighted by molar-refractivity contribution is -0.133. The Bertz CT molecular complexity index is 1320. The number of amides is 2. The highest BCUT2D eigenvalue weighted by Gasteiger charge is 2.36. The molecule has 1 N–H and O–H groups in total. The number of benzene rings is 3. The van der Waals surface area contributed by atoms with E-state index >= 15 is 0 Å². The molecule has 1 saturated heterocycles. The smallest absolute Gasteiger partial charge is 0.249 e. The van der Waals surface area contributed by atoms with Crippen LogP contribution in [0.5, 0.6) is 0 Å². The average molecular weight is 442 g/mol. The van der Waals surface area contributed by atoms with Gasteiger partial charge in [0, 0.05) is 13.0 Å². The van der Waals surface area contributed by atoms with E-state index in [-0.39, 0.29) is 30.6 Å². The Morgan fingerprint density at radius 1 is 0.970 bits per heavy atom. The number of rotatable bonds is 6. The summed E-state index contributed by atoms with van der Waals surface area (Å²) in [6.45, 7) is 0.739. The van der Waals surface area contributed by atoms with E-state index in [0.717, 1.165) is 16.6 Å². The topological polar surface area (TPSA) is 67.2 Å². The quantitative estimate of drug-likeness (QED) is 0.483. The van der Waals surface area contributed by atoms with Crippen LogP contribution in [0.25, 0.3) is 11.0 Å². The molecule has 0 saturated carbocycles. The Labute approximate surface area is 190 Å². The largest absolute Gasteiger partial charge is 0.326 e. The molecule has 0 bridgehead atoms. The summed E-state index contributed by atoms with van der Waals surface area (Å²) in [4.78, 5) is 31.9. The lowest BCUT2D eigenvalue weighted by Crippen LogP contribution is -2.41. The van der Waals surface area contributed by atoms with Crippen molar-refractivity contribution >= 4 is 28.8 Å². The van der Waals surface area contributed by atoms with Crippen LogP contribution in [0.2, 0.25) is 0 Å². The molecule has 1 fully saturated rings. The first kappa shape index (κ1) is 20.9. The van der Waals surface area contributed by atoms with E-state index in [1.807, 2.05) is 59.2 Å². The standard InChI is InChI=1S/C26H23FN4O2/c27-20-10-6-9-19(15-20)17-30-23(13-14-24(30)32)25(33)29-26-28-21-11-4-5-12-22(21)31(26)16-18-7-2-1-3-8-18/h1-12,15,23H,13-14,16-17H2,(H,28,29,33). The molecule has 0 radical (unpaired) electrons. The van der Waals surface area contributed by atoms with Gasteiger partial charge in [-0.25, -0.2) is 9.37 Å². The summed E-state index contributed by atoms with van der Waals surface area (Å²) < 4.78 is 15.6. The third-order valence-corrected chi connectivity index (χ3v) is 5.95. The maximum absolute atomic E-state index is 13.6. The van der Waals surface area contributed by atoms with Crippen LogP contribution < -0.4 is 5.32 Å². The predicted octanol–water partition coefficient (Wildman–Crippen LogP) is 4.35. The number of aromatic nitrogens is 2. The number of imidazole rings is 1. The van der Waals surface area contributed by atoms with E-state index in [4.69, 9.17) is 0 Å². The highest BCUT2D eigenvalue weighted by Crippen LogP contribution is 2.25. The van der Waals surface area contributed by atoms with Gasteiger partial charge in [0.25, 0.3) is 0 Å². The minimum absolute atomic E-state index is 0.114. The van der Waals surface area contributed by atoms with Crippen molar-refractivity contribution in [2.45, 2.75) is 32.0 Å². The van der Waals surface area contributed by atoms with E-state index in [2.05, 4.69) is 10.3 Å². The second-order valence-corrected chi connectivity index (χ2v) is 8.19. The second kappa shape index (κ2) is 8.86. The molecule has 166 valence electrons. The van der Waals surface area contributed by atoms with Crippen LogP contribution in [0.3, 0.4) is 0 Å². The predicted molar refractivity (Wildman–Crippen MR) is 124 cm³/mol. The average Bonchev–Trinajstić information content (AvgIpc) is 3.35. The normalized spacial score (nSPS) is 15.8. The van der Waals surface area contributed by atoms with Gasteiger partial charge in [-0.3, -0.25) is 14.9 Å². The van der Waals surface area contributed by atoms with Crippen LogP contribution in [-0.2, 0) is 22.7 Å². The molecule has 1 aliphatic rings. The van der Waals surface area contributed by atoms with Crippen molar-refractivity contribution in [2.24, 2.45) is 0 Å². The van der Waals surface area contributed by atoms with E-state index in [0.29, 0.717) is 24.5 Å². The number of nitrogens with zero attached hydrogens (tertiary/aromatic N) is 3. The Morgan fingerprint density at radius 3 is 2.55 bits per heavy atom. The van der Waals surface area contributed by atoms with Gasteiger partial charge in [-0.1, -0.05) is 54.6 Å². The molecule has 1 unspecified atom stereocenters. The number of halogens is 1. The van der Waals surface area contributed by atoms with Crippen molar-refractivity contribution in [3.05, 3.63) is 95.8 Å². The first-order chi connectivity index (χ1) is 16.1. The van der Waals surface area contributed by atoms with E-state index < -0.39 is 6.04 Å². The molecule has 5 rings (SSSR count). The number of hydrogen-bond acceptors (Lipinski definition) is 3. The first-order valence-corrected chi connectivity index (χ1v) is 10.9. The van der Waals surface area contributed by atoms with Gasteiger partial charge in [0.2, 0.25) is 17.8 Å². The zero-order valence-electron chi connectivity index (χ0n) is 17.9. The SMILES string of the molecule is O=C(Nc1nc2ccccc2n1Cc1ccccc1)C1CCC(=O)N1Cc1cccc(F)c1. The zero-order chi connectivity index (χ0) is 22.8. The Morgan fingerprint density at radius 2 is 1.73 bits per heavy atom. The highest BCUT2D eigenvalue weighted by atomic mass is 19.1. The lowest BCUT2D eigenvalue weighted by Gasteiger charge is -2.24. The van der Waals surface area contributed by atoms with Crippen LogP contribution in [0.4, 0.5) is 10.3 Å². The van der Waals surface area contributed by atoms with E-state index in [9.17, 15) is 14.0 Å². The molecular weight excluding hydrogens is 419 g/mol. The third-order valence-electron chi connectivity index (χ3n) is 5.95. The fraction of sp³-hybridized carbons (Fsp3) is 0.192. The van der Waals surface area contributed by atoms with Crippen molar-refractivity contribution in [2.75, 3.05) is 5.32 Å². The van der Waals surface area contributed by atoms with Crippen molar-refractivity contribution < 1.29 is 14.0 Å². The van der Waals surface area contributed by atoms with Crippen LogP contribution in [0, 0.1) is 5.82 Å². The number of carbonyl (C=O) groups is 2. The summed E-state index contributed by atoms with van der Waals surface area (Å²) in [7, 11) is 0. The molecule has 1 aromatic heterocycles. The molecule has 4 aromatic rings. The first-order valence-electron chi connectivity index (χ1n) is 10.9. The van der Waals surface area contributed by atoms with Gasteiger partial charge in [0.15, 0.2) is 0 Å². The summed E-state index contributed by atoms with van der Waals surface area (Å²) >= 11 is 0. The molecule has 7 heteroatoms.